The standard InChI is InChI=1S/C18H20ClN5O/c1-2-3-4-5-11-17(25)23-12-7-10-16(23)18-20-22-24(21-18)15-9-6-8-14(19)13-15/h1,6,8-9,13,16H,3-5,7,10-12H2. The summed E-state index contributed by atoms with van der Waals surface area (Å²) in [6.45, 7) is 0.740. The lowest BCUT2D eigenvalue weighted by atomic mass is 10.1. The number of nitrogens with zero attached hydrogens (tertiary/aromatic N) is 5. The average molecular weight is 358 g/mol. The molecule has 1 saturated heterocycles. The number of unbranched alkanes of at least 4 members (excludes halogenated alkanes) is 2. The minimum absolute atomic E-state index is 0.104. The number of hydrogen-bond donors (Lipinski definition) is 0. The topological polar surface area (TPSA) is 63.9 Å². The number of halogens is 1. The molecule has 0 aliphatic carbocycles. The second kappa shape index (κ2) is 8.13. The van der Waals surface area contributed by atoms with E-state index >= 15 is 0 Å². The molecule has 2 heterocycles. The van der Waals surface area contributed by atoms with Gasteiger partial charge in [-0.3, -0.25) is 4.79 Å². The molecule has 0 spiro atoms. The summed E-state index contributed by atoms with van der Waals surface area (Å²) in [6, 6.07) is 7.16. The van der Waals surface area contributed by atoms with E-state index in [4.69, 9.17) is 18.0 Å². The van der Waals surface area contributed by atoms with E-state index in [1.54, 1.807) is 12.1 Å². The van der Waals surface area contributed by atoms with Gasteiger partial charge in [-0.2, -0.15) is 0 Å². The van der Waals surface area contributed by atoms with Gasteiger partial charge in [0.05, 0.1) is 11.7 Å². The molecule has 1 aliphatic heterocycles. The number of likely N-dealkylation sites (tertiary alicyclic amines) is 1. The van der Waals surface area contributed by atoms with E-state index in [0.29, 0.717) is 23.7 Å². The van der Waals surface area contributed by atoms with Crippen LogP contribution in [0, 0.1) is 12.3 Å². The van der Waals surface area contributed by atoms with Crippen LogP contribution in [0.5, 0.6) is 0 Å². The van der Waals surface area contributed by atoms with Crippen LogP contribution in [-0.4, -0.2) is 37.6 Å². The molecular formula is C18H20ClN5O. The van der Waals surface area contributed by atoms with Gasteiger partial charge in [0, 0.05) is 24.4 Å². The monoisotopic (exact) mass is 357 g/mol. The summed E-state index contributed by atoms with van der Waals surface area (Å²) in [5.41, 5.74) is 0.747. The second-order valence-electron chi connectivity index (χ2n) is 6.07. The van der Waals surface area contributed by atoms with E-state index in [1.165, 1.54) is 4.80 Å². The van der Waals surface area contributed by atoms with Crippen LogP contribution in [-0.2, 0) is 4.79 Å². The molecule has 1 aromatic carbocycles. The maximum atomic E-state index is 12.5. The molecule has 6 nitrogen and oxygen atoms in total. The first kappa shape index (κ1) is 17.4. The number of tetrazole rings is 1. The average Bonchev–Trinajstić information content (AvgIpc) is 3.27. The van der Waals surface area contributed by atoms with Crippen molar-refractivity contribution in [3.05, 3.63) is 35.1 Å². The van der Waals surface area contributed by atoms with Gasteiger partial charge in [0.15, 0.2) is 5.82 Å². The summed E-state index contributed by atoms with van der Waals surface area (Å²) >= 11 is 6.01. The lowest BCUT2D eigenvalue weighted by molar-refractivity contribution is -0.132. The molecule has 1 atom stereocenters. The van der Waals surface area contributed by atoms with Gasteiger partial charge >= 0.3 is 0 Å². The van der Waals surface area contributed by atoms with Crippen LogP contribution in [0.25, 0.3) is 5.69 Å². The van der Waals surface area contributed by atoms with Gasteiger partial charge < -0.3 is 4.90 Å². The van der Waals surface area contributed by atoms with Gasteiger partial charge in [-0.05, 0) is 49.1 Å². The quantitative estimate of drug-likeness (QED) is 0.588. The van der Waals surface area contributed by atoms with Crippen LogP contribution >= 0.6 is 11.6 Å². The highest BCUT2D eigenvalue weighted by Crippen LogP contribution is 2.30. The van der Waals surface area contributed by atoms with Crippen LogP contribution in [0.15, 0.2) is 24.3 Å². The molecule has 1 aromatic heterocycles. The highest BCUT2D eigenvalue weighted by atomic mass is 35.5. The summed E-state index contributed by atoms with van der Waals surface area (Å²) in [7, 11) is 0. The predicted molar refractivity (Wildman–Crippen MR) is 95.2 cm³/mol. The molecule has 0 bridgehead atoms. The van der Waals surface area contributed by atoms with Crippen LogP contribution in [0.3, 0.4) is 0 Å². The van der Waals surface area contributed by atoms with Crippen molar-refractivity contribution in [1.29, 1.82) is 0 Å². The third-order valence-electron chi connectivity index (χ3n) is 4.30. The SMILES string of the molecule is C#CCCCCC(=O)N1CCCC1c1nnn(-c2cccc(Cl)c2)n1. The van der Waals surface area contributed by atoms with Crippen molar-refractivity contribution in [1.82, 2.24) is 25.1 Å². The molecule has 1 unspecified atom stereocenters. The Labute approximate surface area is 152 Å². The van der Waals surface area contributed by atoms with E-state index in [2.05, 4.69) is 21.3 Å². The maximum Gasteiger partial charge on any atom is 0.223 e. The van der Waals surface area contributed by atoms with Crippen molar-refractivity contribution in [2.75, 3.05) is 6.54 Å². The van der Waals surface area contributed by atoms with Gasteiger partial charge in [-0.15, -0.1) is 27.3 Å². The lowest BCUT2D eigenvalue weighted by Gasteiger charge is -2.22. The molecule has 2 aromatic rings. The van der Waals surface area contributed by atoms with Gasteiger partial charge in [-0.25, -0.2) is 0 Å². The molecule has 1 fully saturated rings. The number of aromatic nitrogens is 4. The zero-order chi connectivity index (χ0) is 17.6. The normalized spacial score (nSPS) is 16.8. The Morgan fingerprint density at radius 2 is 2.28 bits per heavy atom. The minimum Gasteiger partial charge on any atom is -0.332 e. The maximum absolute atomic E-state index is 12.5. The fourth-order valence-corrected chi connectivity index (χ4v) is 3.23. The summed E-state index contributed by atoms with van der Waals surface area (Å²) < 4.78 is 0. The molecular weight excluding hydrogens is 338 g/mol. The molecule has 130 valence electrons. The molecule has 0 N–H and O–H groups in total. The van der Waals surface area contributed by atoms with E-state index in [0.717, 1.165) is 37.9 Å². The Bertz CT molecular complexity index is 782. The number of terminal acetylenes is 1. The van der Waals surface area contributed by atoms with Gasteiger partial charge in [0.1, 0.15) is 0 Å². The van der Waals surface area contributed by atoms with Gasteiger partial charge in [0.25, 0.3) is 0 Å². The molecule has 1 amide bonds. The molecule has 1 aliphatic rings. The number of hydrogen-bond acceptors (Lipinski definition) is 4. The molecule has 25 heavy (non-hydrogen) atoms. The molecule has 7 heteroatoms. The van der Waals surface area contributed by atoms with Gasteiger partial charge in [0.2, 0.25) is 5.91 Å². The van der Waals surface area contributed by atoms with Crippen LogP contribution in [0.1, 0.15) is 50.4 Å². The van der Waals surface area contributed by atoms with E-state index < -0.39 is 0 Å². The number of carbonyl (C=O) groups is 1. The number of carbonyl (C=O) groups excluding carboxylic acids is 1. The lowest BCUT2D eigenvalue weighted by Crippen LogP contribution is -2.31. The van der Waals surface area contributed by atoms with E-state index in [-0.39, 0.29) is 11.9 Å². The first-order chi connectivity index (χ1) is 12.2. The molecule has 0 saturated carbocycles. The zero-order valence-corrected chi connectivity index (χ0v) is 14.7. The Balaban J connectivity index is 1.68. The van der Waals surface area contributed by atoms with Gasteiger partial charge in [-0.1, -0.05) is 17.7 Å². The van der Waals surface area contributed by atoms with Crippen molar-refractivity contribution in [2.24, 2.45) is 0 Å². The largest absolute Gasteiger partial charge is 0.332 e. The third kappa shape index (κ3) is 4.18. The van der Waals surface area contributed by atoms with E-state index in [1.807, 2.05) is 17.0 Å². The first-order valence-corrected chi connectivity index (χ1v) is 8.85. The van der Waals surface area contributed by atoms with Crippen LogP contribution < -0.4 is 0 Å². The summed E-state index contributed by atoms with van der Waals surface area (Å²) in [5, 5.41) is 13.3. The third-order valence-corrected chi connectivity index (χ3v) is 4.54. The highest BCUT2D eigenvalue weighted by Gasteiger charge is 2.32. The Kier molecular flexibility index (Phi) is 5.67. The summed E-state index contributed by atoms with van der Waals surface area (Å²) in [6.07, 6.45) is 9.98. The fourth-order valence-electron chi connectivity index (χ4n) is 3.05. The van der Waals surface area contributed by atoms with Crippen molar-refractivity contribution >= 4 is 17.5 Å². The Hall–Kier alpha value is -2.39. The minimum atomic E-state index is -0.104. The Morgan fingerprint density at radius 1 is 1.40 bits per heavy atom. The zero-order valence-electron chi connectivity index (χ0n) is 13.9. The smallest absolute Gasteiger partial charge is 0.223 e. The number of amides is 1. The second-order valence-corrected chi connectivity index (χ2v) is 6.51. The first-order valence-electron chi connectivity index (χ1n) is 8.48. The summed E-state index contributed by atoms with van der Waals surface area (Å²) in [5.74, 6) is 3.32. The van der Waals surface area contributed by atoms with Crippen molar-refractivity contribution in [2.45, 2.75) is 44.6 Å². The van der Waals surface area contributed by atoms with Crippen molar-refractivity contribution in [3.8, 4) is 18.0 Å². The highest BCUT2D eigenvalue weighted by molar-refractivity contribution is 6.30. The van der Waals surface area contributed by atoms with Crippen LogP contribution in [0.2, 0.25) is 5.02 Å². The number of rotatable bonds is 6. The van der Waals surface area contributed by atoms with E-state index in [9.17, 15) is 4.79 Å². The number of benzene rings is 1. The van der Waals surface area contributed by atoms with Crippen molar-refractivity contribution < 1.29 is 4.79 Å². The Morgan fingerprint density at radius 3 is 3.08 bits per heavy atom. The summed E-state index contributed by atoms with van der Waals surface area (Å²) in [4.78, 5) is 15.8. The fraction of sp³-hybridized carbons (Fsp3) is 0.444. The molecule has 3 rings (SSSR count). The predicted octanol–water partition coefficient (Wildman–Crippen LogP) is 3.17. The van der Waals surface area contributed by atoms with Crippen molar-refractivity contribution in [3.63, 3.8) is 0 Å². The molecule has 0 radical (unpaired) electrons. The van der Waals surface area contributed by atoms with Crippen LogP contribution in [0.4, 0.5) is 0 Å².